The molecule has 0 bridgehead atoms. The van der Waals surface area contributed by atoms with Crippen LogP contribution in [0.2, 0.25) is 0 Å². The molecule has 10 rings (SSSR count). The van der Waals surface area contributed by atoms with E-state index in [4.69, 9.17) is 9.97 Å². The lowest BCUT2D eigenvalue weighted by Gasteiger charge is -2.28. The number of aromatic nitrogens is 2. The van der Waals surface area contributed by atoms with E-state index in [0.717, 1.165) is 78.4 Å². The highest BCUT2D eigenvalue weighted by Gasteiger charge is 2.19. The fourth-order valence-electron chi connectivity index (χ4n) is 7.97. The lowest BCUT2D eigenvalue weighted by atomic mass is 9.94. The summed E-state index contributed by atoms with van der Waals surface area (Å²) >= 11 is 0. The lowest BCUT2D eigenvalue weighted by molar-refractivity contribution is 1.27. The number of hydrogen-bond acceptors (Lipinski definition) is 3. The third-order valence-electron chi connectivity index (χ3n) is 10.8. The fraction of sp³-hybridized carbons (Fsp3) is 0. The Morgan fingerprint density at radius 2 is 0.644 bits per heavy atom. The van der Waals surface area contributed by atoms with Crippen molar-refractivity contribution in [3.8, 4) is 67.0 Å². The van der Waals surface area contributed by atoms with Crippen LogP contribution in [0.4, 0.5) is 17.1 Å². The Kier molecular flexibility index (Phi) is 9.59. The van der Waals surface area contributed by atoms with Gasteiger partial charge in [-0.2, -0.15) is 0 Å². The van der Waals surface area contributed by atoms with Gasteiger partial charge in [0.15, 0.2) is 0 Å². The standard InChI is InChI=1S/C56H39N3/c1-5-18-40(19-6-1)46-36-47(41-20-7-2-8-21-41)39-50(38-46)59(49-27-17-26-45(37-49)52-29-14-13-28-51(52)42-22-9-3-10-23-42)48-34-32-44(33-35-48)56-55(43-24-11-4-12-25-43)57-53-30-15-16-31-54(53)58-56/h1-39H. The fourth-order valence-corrected chi connectivity index (χ4v) is 7.97. The minimum atomic E-state index is 0.852. The summed E-state index contributed by atoms with van der Waals surface area (Å²) in [6.45, 7) is 0. The minimum Gasteiger partial charge on any atom is -0.310 e. The number of anilines is 3. The Bertz CT molecular complexity index is 2960. The average molecular weight is 754 g/mol. The third-order valence-corrected chi connectivity index (χ3v) is 10.8. The van der Waals surface area contributed by atoms with Crippen LogP contribution in [0.3, 0.4) is 0 Å². The molecular formula is C56H39N3. The Hall–Kier alpha value is -7.88. The van der Waals surface area contributed by atoms with Gasteiger partial charge >= 0.3 is 0 Å². The number of hydrogen-bond donors (Lipinski definition) is 0. The molecule has 3 nitrogen and oxygen atoms in total. The first kappa shape index (κ1) is 35.5. The second kappa shape index (κ2) is 15.9. The van der Waals surface area contributed by atoms with Crippen LogP contribution in [0, 0.1) is 0 Å². The molecule has 1 heterocycles. The Labute approximate surface area is 345 Å². The molecule has 3 heteroatoms. The summed E-state index contributed by atoms with van der Waals surface area (Å²) in [7, 11) is 0. The van der Waals surface area contributed by atoms with Crippen molar-refractivity contribution in [3.05, 3.63) is 237 Å². The maximum atomic E-state index is 5.21. The highest BCUT2D eigenvalue weighted by Crippen LogP contribution is 2.43. The van der Waals surface area contributed by atoms with Crippen LogP contribution in [0.25, 0.3) is 78.1 Å². The van der Waals surface area contributed by atoms with Gasteiger partial charge in [-0.05, 0) is 99.1 Å². The molecule has 0 amide bonds. The molecule has 0 saturated heterocycles. The maximum Gasteiger partial charge on any atom is 0.0973 e. The van der Waals surface area contributed by atoms with Gasteiger partial charge in [-0.1, -0.05) is 182 Å². The van der Waals surface area contributed by atoms with E-state index in [9.17, 15) is 0 Å². The summed E-state index contributed by atoms with van der Waals surface area (Å²) in [5.74, 6) is 0. The predicted octanol–water partition coefficient (Wildman–Crippen LogP) is 15.1. The first-order chi connectivity index (χ1) is 29.2. The van der Waals surface area contributed by atoms with E-state index in [2.05, 4.69) is 211 Å². The molecule has 0 aliphatic heterocycles. The lowest BCUT2D eigenvalue weighted by Crippen LogP contribution is -2.10. The van der Waals surface area contributed by atoms with Crippen LogP contribution in [0.5, 0.6) is 0 Å². The van der Waals surface area contributed by atoms with Gasteiger partial charge in [0.1, 0.15) is 0 Å². The molecule has 0 saturated carbocycles. The van der Waals surface area contributed by atoms with Crippen LogP contribution in [-0.4, -0.2) is 9.97 Å². The molecule has 10 aromatic rings. The molecule has 0 spiro atoms. The second-order valence-electron chi connectivity index (χ2n) is 14.6. The van der Waals surface area contributed by atoms with E-state index < -0.39 is 0 Å². The number of nitrogens with zero attached hydrogens (tertiary/aromatic N) is 3. The topological polar surface area (TPSA) is 29.0 Å². The molecule has 0 N–H and O–H groups in total. The van der Waals surface area contributed by atoms with Crippen molar-refractivity contribution in [1.29, 1.82) is 0 Å². The van der Waals surface area contributed by atoms with Crippen molar-refractivity contribution >= 4 is 28.1 Å². The monoisotopic (exact) mass is 753 g/mol. The molecule has 0 unspecified atom stereocenters. The van der Waals surface area contributed by atoms with Crippen molar-refractivity contribution in [2.24, 2.45) is 0 Å². The van der Waals surface area contributed by atoms with Crippen LogP contribution < -0.4 is 4.90 Å². The summed E-state index contributed by atoms with van der Waals surface area (Å²) < 4.78 is 0. The SMILES string of the molecule is c1ccc(-c2cc(-c3ccccc3)cc(N(c3ccc(-c4nc5ccccc5nc4-c4ccccc4)cc3)c3cccc(-c4ccccc4-c4ccccc4)c3)c2)cc1. The van der Waals surface area contributed by atoms with E-state index in [1.54, 1.807) is 0 Å². The number of fused-ring (bicyclic) bond motifs is 1. The third kappa shape index (κ3) is 7.30. The molecule has 0 fully saturated rings. The summed E-state index contributed by atoms with van der Waals surface area (Å²) in [5, 5.41) is 0. The van der Waals surface area contributed by atoms with E-state index in [1.807, 2.05) is 30.3 Å². The smallest absolute Gasteiger partial charge is 0.0973 e. The highest BCUT2D eigenvalue weighted by atomic mass is 15.1. The largest absolute Gasteiger partial charge is 0.310 e. The molecular weight excluding hydrogens is 715 g/mol. The predicted molar refractivity (Wildman–Crippen MR) is 247 cm³/mol. The Balaban J connectivity index is 1.16. The molecule has 1 aromatic heterocycles. The average Bonchev–Trinajstić information content (AvgIpc) is 3.32. The molecule has 0 radical (unpaired) electrons. The molecule has 0 aliphatic rings. The van der Waals surface area contributed by atoms with Gasteiger partial charge in [0.25, 0.3) is 0 Å². The zero-order valence-electron chi connectivity index (χ0n) is 32.4. The molecule has 278 valence electrons. The molecule has 0 atom stereocenters. The van der Waals surface area contributed by atoms with Gasteiger partial charge < -0.3 is 4.90 Å². The van der Waals surface area contributed by atoms with Crippen molar-refractivity contribution in [2.45, 2.75) is 0 Å². The Morgan fingerprint density at radius 3 is 1.19 bits per heavy atom. The van der Waals surface area contributed by atoms with Gasteiger partial charge in [0.05, 0.1) is 22.4 Å². The van der Waals surface area contributed by atoms with Crippen molar-refractivity contribution in [1.82, 2.24) is 9.97 Å². The molecule has 9 aromatic carbocycles. The van der Waals surface area contributed by atoms with Crippen LogP contribution >= 0.6 is 0 Å². The molecule has 59 heavy (non-hydrogen) atoms. The van der Waals surface area contributed by atoms with Gasteiger partial charge in [-0.3, -0.25) is 0 Å². The summed E-state index contributed by atoms with van der Waals surface area (Å²) in [6.07, 6.45) is 0. The number of benzene rings is 9. The first-order valence-electron chi connectivity index (χ1n) is 20.0. The number of para-hydroxylation sites is 2. The van der Waals surface area contributed by atoms with E-state index in [0.29, 0.717) is 0 Å². The van der Waals surface area contributed by atoms with Gasteiger partial charge in [0, 0.05) is 28.2 Å². The van der Waals surface area contributed by atoms with Gasteiger partial charge in [-0.15, -0.1) is 0 Å². The van der Waals surface area contributed by atoms with Crippen LogP contribution in [-0.2, 0) is 0 Å². The van der Waals surface area contributed by atoms with Crippen LogP contribution in [0.1, 0.15) is 0 Å². The summed E-state index contributed by atoms with van der Waals surface area (Å²) in [5.41, 5.74) is 18.0. The maximum absolute atomic E-state index is 5.21. The highest BCUT2D eigenvalue weighted by molar-refractivity contribution is 5.91. The van der Waals surface area contributed by atoms with E-state index in [-0.39, 0.29) is 0 Å². The van der Waals surface area contributed by atoms with E-state index in [1.165, 1.54) is 16.7 Å². The van der Waals surface area contributed by atoms with Crippen molar-refractivity contribution in [2.75, 3.05) is 4.90 Å². The van der Waals surface area contributed by atoms with Crippen molar-refractivity contribution < 1.29 is 0 Å². The quantitative estimate of drug-likeness (QED) is 0.147. The molecule has 0 aliphatic carbocycles. The summed E-state index contributed by atoms with van der Waals surface area (Å²) in [4.78, 5) is 12.7. The van der Waals surface area contributed by atoms with Crippen LogP contribution in [0.15, 0.2) is 237 Å². The Morgan fingerprint density at radius 1 is 0.237 bits per heavy atom. The zero-order chi connectivity index (χ0) is 39.4. The van der Waals surface area contributed by atoms with Gasteiger partial charge in [0.2, 0.25) is 0 Å². The second-order valence-corrected chi connectivity index (χ2v) is 14.6. The van der Waals surface area contributed by atoms with Crippen molar-refractivity contribution in [3.63, 3.8) is 0 Å². The summed E-state index contributed by atoms with van der Waals surface area (Å²) in [6, 6.07) is 83.6. The number of rotatable bonds is 9. The van der Waals surface area contributed by atoms with Gasteiger partial charge in [-0.25, -0.2) is 9.97 Å². The normalized spacial score (nSPS) is 11.1. The first-order valence-corrected chi connectivity index (χ1v) is 20.0. The van der Waals surface area contributed by atoms with E-state index >= 15 is 0 Å². The minimum absolute atomic E-state index is 0.852. The zero-order valence-corrected chi connectivity index (χ0v) is 32.4.